The third-order valence-corrected chi connectivity index (χ3v) is 5.79. The summed E-state index contributed by atoms with van der Waals surface area (Å²) in [5.41, 5.74) is 0. The molecular formula is C14H28N2OS. The molecule has 1 aliphatic heterocycles. The van der Waals surface area contributed by atoms with Crippen LogP contribution in [0.1, 0.15) is 47.5 Å². The Kier molecular flexibility index (Phi) is 5.53. The molecule has 3 nitrogen and oxygen atoms in total. The number of nitrogens with zero attached hydrogens (tertiary/aromatic N) is 1. The van der Waals surface area contributed by atoms with Crippen molar-refractivity contribution in [3.05, 3.63) is 0 Å². The SMILES string of the molecule is CCC(CC)(CN1C(=O)C(C)NC1C(C)C)SC. The van der Waals surface area contributed by atoms with Crippen molar-refractivity contribution >= 4 is 17.7 Å². The molecule has 0 bridgehead atoms. The van der Waals surface area contributed by atoms with E-state index in [1.807, 2.05) is 18.7 Å². The van der Waals surface area contributed by atoms with Gasteiger partial charge in [-0.1, -0.05) is 27.7 Å². The lowest BCUT2D eigenvalue weighted by Gasteiger charge is -2.37. The molecule has 0 radical (unpaired) electrons. The van der Waals surface area contributed by atoms with Gasteiger partial charge in [-0.3, -0.25) is 10.1 Å². The van der Waals surface area contributed by atoms with E-state index in [4.69, 9.17) is 0 Å². The Balaban J connectivity index is 2.88. The zero-order chi connectivity index (χ0) is 13.9. The molecule has 1 N–H and O–H groups in total. The van der Waals surface area contributed by atoms with E-state index in [9.17, 15) is 4.79 Å². The second-order valence-corrected chi connectivity index (χ2v) is 6.91. The standard InChI is InChI=1S/C14H28N2OS/c1-7-14(8-2,18-6)9-16-12(10(3)4)15-11(5)13(16)17/h10-12,15H,7-9H2,1-6H3. The maximum atomic E-state index is 12.3. The van der Waals surface area contributed by atoms with Gasteiger partial charge in [-0.05, 0) is 31.9 Å². The van der Waals surface area contributed by atoms with E-state index in [2.05, 4.69) is 44.2 Å². The van der Waals surface area contributed by atoms with Crippen LogP contribution < -0.4 is 5.32 Å². The lowest BCUT2D eigenvalue weighted by atomic mass is 10.00. The Morgan fingerprint density at radius 2 is 1.94 bits per heavy atom. The predicted molar refractivity (Wildman–Crippen MR) is 79.8 cm³/mol. The number of amides is 1. The van der Waals surface area contributed by atoms with Gasteiger partial charge in [-0.25, -0.2) is 0 Å². The highest BCUT2D eigenvalue weighted by Gasteiger charge is 2.41. The topological polar surface area (TPSA) is 32.3 Å². The molecule has 1 aliphatic rings. The molecule has 0 saturated carbocycles. The number of thioether (sulfide) groups is 1. The smallest absolute Gasteiger partial charge is 0.240 e. The summed E-state index contributed by atoms with van der Waals surface area (Å²) in [6, 6.07) is -0.0364. The van der Waals surface area contributed by atoms with E-state index >= 15 is 0 Å². The largest absolute Gasteiger partial charge is 0.324 e. The van der Waals surface area contributed by atoms with E-state index in [1.165, 1.54) is 0 Å². The summed E-state index contributed by atoms with van der Waals surface area (Å²) in [4.78, 5) is 14.4. The van der Waals surface area contributed by atoms with Crippen LogP contribution in [0.2, 0.25) is 0 Å². The highest BCUT2D eigenvalue weighted by atomic mass is 32.2. The van der Waals surface area contributed by atoms with E-state index in [0.29, 0.717) is 5.92 Å². The molecule has 2 atom stereocenters. The van der Waals surface area contributed by atoms with Crippen LogP contribution in [0.15, 0.2) is 0 Å². The first-order valence-corrected chi connectivity index (χ1v) is 8.25. The Labute approximate surface area is 116 Å². The minimum atomic E-state index is -0.0364. The molecule has 1 amide bonds. The molecular weight excluding hydrogens is 244 g/mol. The average molecular weight is 272 g/mol. The normalized spacial score (nSPS) is 25.3. The van der Waals surface area contributed by atoms with Crippen LogP contribution in [0.25, 0.3) is 0 Å². The number of hydrogen-bond acceptors (Lipinski definition) is 3. The monoisotopic (exact) mass is 272 g/mol. The second kappa shape index (κ2) is 6.29. The molecule has 18 heavy (non-hydrogen) atoms. The summed E-state index contributed by atoms with van der Waals surface area (Å²) in [5, 5.41) is 3.42. The van der Waals surface area contributed by atoms with Crippen molar-refractivity contribution in [3.8, 4) is 0 Å². The van der Waals surface area contributed by atoms with Crippen molar-refractivity contribution in [1.82, 2.24) is 10.2 Å². The van der Waals surface area contributed by atoms with Crippen molar-refractivity contribution in [3.63, 3.8) is 0 Å². The molecule has 2 unspecified atom stereocenters. The molecule has 0 spiro atoms. The molecule has 106 valence electrons. The first kappa shape index (κ1) is 15.8. The summed E-state index contributed by atoms with van der Waals surface area (Å²) >= 11 is 1.90. The highest BCUT2D eigenvalue weighted by molar-refractivity contribution is 8.00. The summed E-state index contributed by atoms with van der Waals surface area (Å²) in [6.07, 6.45) is 4.56. The Bertz CT molecular complexity index is 281. The van der Waals surface area contributed by atoms with Gasteiger partial charge < -0.3 is 4.90 Å². The molecule has 4 heteroatoms. The number of carbonyl (C=O) groups is 1. The first-order chi connectivity index (χ1) is 8.40. The Hall–Kier alpha value is -0.220. The van der Waals surface area contributed by atoms with Crippen molar-refractivity contribution in [2.24, 2.45) is 5.92 Å². The Morgan fingerprint density at radius 3 is 2.33 bits per heavy atom. The number of carbonyl (C=O) groups excluding carboxylic acids is 1. The number of nitrogens with one attached hydrogen (secondary N) is 1. The Morgan fingerprint density at radius 1 is 1.39 bits per heavy atom. The fourth-order valence-corrected chi connectivity index (χ4v) is 3.51. The van der Waals surface area contributed by atoms with Crippen LogP contribution >= 0.6 is 11.8 Å². The predicted octanol–water partition coefficient (Wildman–Crippen LogP) is 2.71. The summed E-state index contributed by atoms with van der Waals surface area (Å²) in [5.74, 6) is 0.709. The lowest BCUT2D eigenvalue weighted by Crippen LogP contribution is -2.48. The maximum absolute atomic E-state index is 12.3. The van der Waals surface area contributed by atoms with Crippen molar-refractivity contribution in [2.75, 3.05) is 12.8 Å². The highest BCUT2D eigenvalue weighted by Crippen LogP contribution is 2.33. The van der Waals surface area contributed by atoms with E-state index in [1.54, 1.807) is 0 Å². The number of rotatable bonds is 6. The third-order valence-electron chi connectivity index (χ3n) is 4.22. The molecule has 0 aromatic heterocycles. The van der Waals surface area contributed by atoms with Crippen molar-refractivity contribution in [1.29, 1.82) is 0 Å². The molecule has 1 heterocycles. The third kappa shape index (κ3) is 3.02. The fourth-order valence-electron chi connectivity index (χ4n) is 2.67. The van der Waals surface area contributed by atoms with Crippen LogP contribution in [-0.2, 0) is 4.79 Å². The minimum Gasteiger partial charge on any atom is -0.324 e. The van der Waals surface area contributed by atoms with Gasteiger partial charge in [-0.2, -0.15) is 11.8 Å². The van der Waals surface area contributed by atoms with E-state index in [-0.39, 0.29) is 22.9 Å². The van der Waals surface area contributed by atoms with Gasteiger partial charge >= 0.3 is 0 Å². The molecule has 1 saturated heterocycles. The van der Waals surface area contributed by atoms with Gasteiger partial charge in [0.2, 0.25) is 5.91 Å². The summed E-state index contributed by atoms with van der Waals surface area (Å²) in [6.45, 7) is 11.6. The van der Waals surface area contributed by atoms with Gasteiger partial charge in [0.1, 0.15) is 0 Å². The van der Waals surface area contributed by atoms with E-state index < -0.39 is 0 Å². The van der Waals surface area contributed by atoms with E-state index in [0.717, 1.165) is 19.4 Å². The van der Waals surface area contributed by atoms with Gasteiger partial charge in [0.05, 0.1) is 12.2 Å². The zero-order valence-corrected chi connectivity index (χ0v) is 13.4. The summed E-state index contributed by atoms with van der Waals surface area (Å²) in [7, 11) is 0. The average Bonchev–Trinajstić information content (AvgIpc) is 2.64. The van der Waals surface area contributed by atoms with Crippen LogP contribution in [0.3, 0.4) is 0 Å². The zero-order valence-electron chi connectivity index (χ0n) is 12.6. The van der Waals surface area contributed by atoms with Gasteiger partial charge in [0.15, 0.2) is 0 Å². The summed E-state index contributed by atoms with van der Waals surface area (Å²) < 4.78 is 0.203. The quantitative estimate of drug-likeness (QED) is 0.807. The van der Waals surface area contributed by atoms with Gasteiger partial charge in [-0.15, -0.1) is 0 Å². The first-order valence-electron chi connectivity index (χ1n) is 7.02. The maximum Gasteiger partial charge on any atom is 0.240 e. The number of hydrogen-bond donors (Lipinski definition) is 1. The van der Waals surface area contributed by atoms with Gasteiger partial charge in [0, 0.05) is 11.3 Å². The molecule has 1 fully saturated rings. The van der Waals surface area contributed by atoms with Crippen molar-refractivity contribution in [2.45, 2.75) is 64.4 Å². The van der Waals surface area contributed by atoms with Gasteiger partial charge in [0.25, 0.3) is 0 Å². The molecule has 0 aromatic rings. The molecule has 1 rings (SSSR count). The van der Waals surface area contributed by atoms with Crippen LogP contribution in [0.4, 0.5) is 0 Å². The minimum absolute atomic E-state index is 0.0364. The molecule has 0 aliphatic carbocycles. The fraction of sp³-hybridized carbons (Fsp3) is 0.929. The van der Waals surface area contributed by atoms with Crippen LogP contribution in [0.5, 0.6) is 0 Å². The molecule has 0 aromatic carbocycles. The second-order valence-electron chi connectivity index (χ2n) is 5.64. The van der Waals surface area contributed by atoms with Crippen LogP contribution in [0, 0.1) is 5.92 Å². The van der Waals surface area contributed by atoms with Crippen LogP contribution in [-0.4, -0.2) is 40.6 Å². The van der Waals surface area contributed by atoms with Crippen molar-refractivity contribution < 1.29 is 4.79 Å². The lowest BCUT2D eigenvalue weighted by molar-refractivity contribution is -0.130.